The van der Waals surface area contributed by atoms with Crippen molar-refractivity contribution in [3.8, 4) is 5.75 Å². The zero-order chi connectivity index (χ0) is 16.8. The molecule has 9 nitrogen and oxygen atoms in total. The molecule has 1 aromatic carbocycles. The summed E-state index contributed by atoms with van der Waals surface area (Å²) in [5.74, 6) is 0.255. The molecule has 0 unspecified atom stereocenters. The number of hydrogen-bond donors (Lipinski definition) is 2. The molecule has 0 bridgehead atoms. The van der Waals surface area contributed by atoms with Crippen LogP contribution in [0.4, 0.5) is 26.4 Å². The number of hydrogen-bond acceptors (Lipinski definition) is 6. The van der Waals surface area contributed by atoms with E-state index in [2.05, 4.69) is 20.3 Å². The van der Waals surface area contributed by atoms with Crippen LogP contribution in [0.5, 0.6) is 5.75 Å². The minimum absolute atomic E-state index is 0.0104. The van der Waals surface area contributed by atoms with Gasteiger partial charge in [-0.15, -0.1) is 0 Å². The van der Waals surface area contributed by atoms with Crippen LogP contribution in [-0.2, 0) is 6.67 Å². The predicted molar refractivity (Wildman–Crippen MR) is 78.2 cm³/mol. The smallest absolute Gasteiger partial charge is 0.325 e. The summed E-state index contributed by atoms with van der Waals surface area (Å²) in [7, 11) is 0. The van der Waals surface area contributed by atoms with Gasteiger partial charge in [-0.1, -0.05) is 5.16 Å². The Hall–Kier alpha value is -3.17. The van der Waals surface area contributed by atoms with Crippen molar-refractivity contribution in [1.82, 2.24) is 5.16 Å². The number of nitro groups is 1. The fourth-order valence-corrected chi connectivity index (χ4v) is 1.73. The van der Waals surface area contributed by atoms with Crippen LogP contribution in [0.3, 0.4) is 0 Å². The van der Waals surface area contributed by atoms with E-state index in [-0.39, 0.29) is 23.0 Å². The van der Waals surface area contributed by atoms with Crippen LogP contribution in [0.2, 0.25) is 0 Å². The molecule has 2 rings (SSSR count). The first-order chi connectivity index (χ1) is 11.0. The topological polar surface area (TPSA) is 120 Å². The van der Waals surface area contributed by atoms with E-state index in [1.54, 1.807) is 6.92 Å². The minimum atomic E-state index is -0.860. The van der Waals surface area contributed by atoms with E-state index in [9.17, 15) is 19.3 Å². The van der Waals surface area contributed by atoms with Crippen molar-refractivity contribution >= 4 is 23.2 Å². The maximum Gasteiger partial charge on any atom is 0.325 e. The van der Waals surface area contributed by atoms with E-state index in [4.69, 9.17) is 4.74 Å². The second kappa shape index (κ2) is 7.20. The van der Waals surface area contributed by atoms with E-state index in [0.717, 1.165) is 0 Å². The molecular weight excluding hydrogens is 311 g/mol. The third kappa shape index (κ3) is 4.15. The van der Waals surface area contributed by atoms with E-state index in [1.807, 2.05) is 0 Å². The second-order valence-corrected chi connectivity index (χ2v) is 4.26. The third-order valence-electron chi connectivity index (χ3n) is 2.66. The van der Waals surface area contributed by atoms with Crippen molar-refractivity contribution in [2.45, 2.75) is 13.6 Å². The van der Waals surface area contributed by atoms with Crippen molar-refractivity contribution in [2.75, 3.05) is 17.2 Å². The van der Waals surface area contributed by atoms with Gasteiger partial charge in [-0.05, 0) is 19.1 Å². The maximum atomic E-state index is 12.3. The number of ether oxygens (including phenoxy) is 1. The van der Waals surface area contributed by atoms with Crippen LogP contribution in [0, 0.1) is 10.1 Å². The molecule has 2 amide bonds. The van der Waals surface area contributed by atoms with Gasteiger partial charge in [0, 0.05) is 6.07 Å². The van der Waals surface area contributed by atoms with Gasteiger partial charge in [-0.3, -0.25) is 15.4 Å². The molecule has 0 saturated carbocycles. The second-order valence-electron chi connectivity index (χ2n) is 4.26. The number of aromatic nitrogens is 1. The number of nitrogens with one attached hydrogen (secondary N) is 2. The number of carbonyl (C=O) groups excluding carboxylic acids is 1. The number of halogens is 1. The molecule has 10 heteroatoms. The summed E-state index contributed by atoms with van der Waals surface area (Å²) in [5.41, 5.74) is -0.346. The van der Waals surface area contributed by atoms with E-state index in [1.165, 1.54) is 24.3 Å². The lowest BCUT2D eigenvalue weighted by Gasteiger charge is -2.08. The molecule has 1 aromatic heterocycles. The summed E-state index contributed by atoms with van der Waals surface area (Å²) in [5, 5.41) is 19.1. The first kappa shape index (κ1) is 16.2. The molecule has 2 aromatic rings. The molecule has 2 N–H and O–H groups in total. The van der Waals surface area contributed by atoms with Crippen LogP contribution in [-0.4, -0.2) is 22.7 Å². The minimum Gasteiger partial charge on any atom is -0.494 e. The maximum absolute atomic E-state index is 12.3. The first-order valence-electron chi connectivity index (χ1n) is 6.54. The van der Waals surface area contributed by atoms with E-state index >= 15 is 0 Å². The van der Waals surface area contributed by atoms with Crippen LogP contribution in [0.15, 0.2) is 28.8 Å². The van der Waals surface area contributed by atoms with Gasteiger partial charge in [0.05, 0.1) is 17.6 Å². The summed E-state index contributed by atoms with van der Waals surface area (Å²) in [6, 6.07) is 4.46. The first-order valence-corrected chi connectivity index (χ1v) is 6.54. The Morgan fingerprint density at radius 3 is 2.83 bits per heavy atom. The van der Waals surface area contributed by atoms with E-state index in [0.29, 0.717) is 12.4 Å². The zero-order valence-corrected chi connectivity index (χ0v) is 12.0. The van der Waals surface area contributed by atoms with E-state index < -0.39 is 17.6 Å². The lowest BCUT2D eigenvalue weighted by Crippen LogP contribution is -2.20. The molecule has 23 heavy (non-hydrogen) atoms. The van der Waals surface area contributed by atoms with Crippen LogP contribution in [0.1, 0.15) is 12.7 Å². The highest BCUT2D eigenvalue weighted by Gasteiger charge is 2.18. The molecule has 0 aliphatic heterocycles. The molecule has 0 atom stereocenters. The number of rotatable bonds is 6. The zero-order valence-electron chi connectivity index (χ0n) is 12.0. The highest BCUT2D eigenvalue weighted by Crippen LogP contribution is 2.29. The van der Waals surface area contributed by atoms with Gasteiger partial charge >= 0.3 is 6.03 Å². The third-order valence-corrected chi connectivity index (χ3v) is 2.66. The predicted octanol–water partition coefficient (Wildman–Crippen LogP) is 3.10. The lowest BCUT2D eigenvalue weighted by atomic mass is 10.2. The summed E-state index contributed by atoms with van der Waals surface area (Å²) >= 11 is 0. The Balaban J connectivity index is 2.11. The summed E-state index contributed by atoms with van der Waals surface area (Å²) in [6.45, 7) is 1.24. The number of benzene rings is 1. The Bertz CT molecular complexity index is 718. The Morgan fingerprint density at radius 1 is 1.43 bits per heavy atom. The van der Waals surface area contributed by atoms with Gasteiger partial charge in [0.25, 0.3) is 5.69 Å². The highest BCUT2D eigenvalue weighted by atomic mass is 19.1. The van der Waals surface area contributed by atoms with Crippen molar-refractivity contribution < 1.29 is 23.4 Å². The molecule has 0 fully saturated rings. The summed E-state index contributed by atoms with van der Waals surface area (Å²) in [4.78, 5) is 22.2. The normalized spacial score (nSPS) is 10.2. The number of anilines is 2. The molecule has 122 valence electrons. The highest BCUT2D eigenvalue weighted by molar-refractivity contribution is 6.00. The number of carbonyl (C=O) groups is 1. The summed E-state index contributed by atoms with van der Waals surface area (Å²) in [6.07, 6.45) is 0. The number of alkyl halides is 1. The molecular formula is C13H13FN4O5. The van der Waals surface area contributed by atoms with Crippen molar-refractivity contribution in [2.24, 2.45) is 0 Å². The van der Waals surface area contributed by atoms with Gasteiger partial charge < -0.3 is 14.6 Å². The Labute approximate surface area is 129 Å². The molecule has 0 aliphatic carbocycles. The van der Waals surface area contributed by atoms with Crippen molar-refractivity contribution in [1.29, 1.82) is 0 Å². The molecule has 0 spiro atoms. The van der Waals surface area contributed by atoms with Crippen molar-refractivity contribution in [3.63, 3.8) is 0 Å². The number of nitrogens with zero attached hydrogens (tertiary/aromatic N) is 2. The monoisotopic (exact) mass is 324 g/mol. The van der Waals surface area contributed by atoms with Gasteiger partial charge in [-0.2, -0.15) is 0 Å². The van der Waals surface area contributed by atoms with Crippen molar-refractivity contribution in [3.05, 3.63) is 40.1 Å². The van der Waals surface area contributed by atoms with Gasteiger partial charge in [0.1, 0.15) is 11.4 Å². The van der Waals surface area contributed by atoms with Crippen LogP contribution in [0.25, 0.3) is 0 Å². The largest absolute Gasteiger partial charge is 0.494 e. The van der Waals surface area contributed by atoms with Crippen LogP contribution >= 0.6 is 0 Å². The standard InChI is InChI=1S/C13H13FN4O5/c1-2-22-8-3-4-10(11(5-8)18(20)21)15-13(19)16-12-6-9(7-14)23-17-12/h3-6H,2,7H2,1H3,(H2,15,16,17,19). The average Bonchev–Trinajstić information content (AvgIpc) is 2.96. The quantitative estimate of drug-likeness (QED) is 0.622. The Kier molecular flexibility index (Phi) is 5.07. The fourth-order valence-electron chi connectivity index (χ4n) is 1.73. The van der Waals surface area contributed by atoms with Gasteiger partial charge in [0.15, 0.2) is 18.3 Å². The lowest BCUT2D eigenvalue weighted by molar-refractivity contribution is -0.384. The molecule has 0 saturated heterocycles. The Morgan fingerprint density at radius 2 is 2.22 bits per heavy atom. The summed E-state index contributed by atoms with van der Waals surface area (Å²) < 4.78 is 22.1. The van der Waals surface area contributed by atoms with Gasteiger partial charge in [-0.25, -0.2) is 9.18 Å². The fraction of sp³-hybridized carbons (Fsp3) is 0.231. The average molecular weight is 324 g/mol. The number of nitro benzene ring substituents is 1. The van der Waals surface area contributed by atoms with Crippen LogP contribution < -0.4 is 15.4 Å². The number of amides is 2. The SMILES string of the molecule is CCOc1ccc(NC(=O)Nc2cc(CF)on2)c([N+](=O)[O-])c1. The van der Waals surface area contributed by atoms with Gasteiger partial charge in [0.2, 0.25) is 0 Å². The molecule has 0 radical (unpaired) electrons. The molecule has 1 heterocycles. The molecule has 0 aliphatic rings. The number of urea groups is 1.